The van der Waals surface area contributed by atoms with E-state index in [0.29, 0.717) is 0 Å². The summed E-state index contributed by atoms with van der Waals surface area (Å²) in [6.45, 7) is 0. The molecule has 1 unspecified atom stereocenters. The zero-order valence-electron chi connectivity index (χ0n) is 6.45. The molecule has 0 saturated carbocycles. The average Bonchev–Trinajstić information content (AvgIpc) is 1.91. The number of aliphatic hydroxyl groups excluding tert-OH is 1. The molecule has 0 aromatic carbocycles. The SMILES string of the molecule is COC.OC1C=CC=CC1. The van der Waals surface area contributed by atoms with Gasteiger partial charge in [0, 0.05) is 14.2 Å². The maximum Gasteiger partial charge on any atom is 0.0758 e. The van der Waals surface area contributed by atoms with Gasteiger partial charge in [-0.2, -0.15) is 0 Å². The van der Waals surface area contributed by atoms with Gasteiger partial charge in [0.1, 0.15) is 0 Å². The van der Waals surface area contributed by atoms with Gasteiger partial charge >= 0.3 is 0 Å². The normalized spacial score (nSPS) is 21.7. The third-order valence-corrected chi connectivity index (χ3v) is 0.958. The molecule has 1 atom stereocenters. The molecule has 0 heterocycles. The van der Waals surface area contributed by atoms with Crippen LogP contribution in [-0.2, 0) is 4.74 Å². The zero-order chi connectivity index (χ0) is 7.82. The molecule has 0 spiro atoms. The number of allylic oxidation sites excluding steroid dienone is 2. The van der Waals surface area contributed by atoms with Crippen molar-refractivity contribution in [3.8, 4) is 0 Å². The van der Waals surface area contributed by atoms with Gasteiger partial charge in [-0.25, -0.2) is 0 Å². The van der Waals surface area contributed by atoms with Gasteiger partial charge < -0.3 is 9.84 Å². The highest BCUT2D eigenvalue weighted by atomic mass is 16.4. The summed E-state index contributed by atoms with van der Waals surface area (Å²) in [7, 11) is 3.25. The van der Waals surface area contributed by atoms with E-state index < -0.39 is 0 Å². The van der Waals surface area contributed by atoms with Crippen molar-refractivity contribution in [2.24, 2.45) is 0 Å². The minimum atomic E-state index is -0.231. The van der Waals surface area contributed by atoms with E-state index in [4.69, 9.17) is 5.11 Å². The Morgan fingerprint density at radius 1 is 1.40 bits per heavy atom. The summed E-state index contributed by atoms with van der Waals surface area (Å²) in [4.78, 5) is 0. The molecule has 0 aromatic heterocycles. The van der Waals surface area contributed by atoms with Crippen molar-refractivity contribution in [3.05, 3.63) is 24.3 Å². The summed E-state index contributed by atoms with van der Waals surface area (Å²) in [6, 6.07) is 0. The fraction of sp³-hybridized carbons (Fsp3) is 0.500. The van der Waals surface area contributed by atoms with E-state index in [1.807, 2.05) is 18.2 Å². The first-order valence-corrected chi connectivity index (χ1v) is 3.22. The fourth-order valence-corrected chi connectivity index (χ4v) is 0.568. The number of aliphatic hydroxyl groups is 1. The van der Waals surface area contributed by atoms with E-state index in [9.17, 15) is 0 Å². The summed E-state index contributed by atoms with van der Waals surface area (Å²) in [5.74, 6) is 0. The molecule has 0 saturated heterocycles. The van der Waals surface area contributed by atoms with Crippen LogP contribution in [0.2, 0.25) is 0 Å². The molecule has 2 heteroatoms. The molecule has 0 radical (unpaired) electrons. The monoisotopic (exact) mass is 142 g/mol. The Hall–Kier alpha value is -0.600. The molecule has 1 aliphatic rings. The number of rotatable bonds is 0. The van der Waals surface area contributed by atoms with E-state index in [1.54, 1.807) is 20.3 Å². The van der Waals surface area contributed by atoms with E-state index in [1.165, 1.54) is 0 Å². The Balaban J connectivity index is 0.000000236. The molecule has 1 rings (SSSR count). The van der Waals surface area contributed by atoms with Gasteiger partial charge in [-0.3, -0.25) is 0 Å². The Morgan fingerprint density at radius 3 is 2.20 bits per heavy atom. The summed E-state index contributed by atoms with van der Waals surface area (Å²) in [6.07, 6.45) is 8.06. The molecule has 0 fully saturated rings. The van der Waals surface area contributed by atoms with Gasteiger partial charge in [-0.15, -0.1) is 0 Å². The quantitative estimate of drug-likeness (QED) is 0.549. The highest BCUT2D eigenvalue weighted by Gasteiger charge is 1.95. The lowest BCUT2D eigenvalue weighted by Gasteiger charge is -2.01. The molecular formula is C8H14O2. The molecule has 0 bridgehead atoms. The minimum absolute atomic E-state index is 0.231. The molecule has 2 nitrogen and oxygen atoms in total. The van der Waals surface area contributed by atoms with Crippen molar-refractivity contribution in [2.75, 3.05) is 14.2 Å². The second kappa shape index (κ2) is 6.52. The Kier molecular flexibility index (Phi) is 6.13. The minimum Gasteiger partial charge on any atom is -0.389 e. The lowest BCUT2D eigenvalue weighted by Crippen LogP contribution is -2.00. The van der Waals surface area contributed by atoms with Crippen molar-refractivity contribution in [3.63, 3.8) is 0 Å². The second-order valence-corrected chi connectivity index (χ2v) is 2.02. The van der Waals surface area contributed by atoms with E-state index in [2.05, 4.69) is 4.74 Å². The summed E-state index contributed by atoms with van der Waals surface area (Å²) < 4.78 is 4.25. The number of hydrogen-bond acceptors (Lipinski definition) is 2. The van der Waals surface area contributed by atoms with Crippen LogP contribution in [0, 0.1) is 0 Å². The van der Waals surface area contributed by atoms with Gasteiger partial charge in [0.25, 0.3) is 0 Å². The summed E-state index contributed by atoms with van der Waals surface area (Å²) >= 11 is 0. The smallest absolute Gasteiger partial charge is 0.0758 e. The molecule has 10 heavy (non-hydrogen) atoms. The second-order valence-electron chi connectivity index (χ2n) is 2.02. The molecule has 0 amide bonds. The van der Waals surface area contributed by atoms with Gasteiger partial charge in [-0.1, -0.05) is 24.3 Å². The Bertz CT molecular complexity index is 116. The molecule has 0 aromatic rings. The van der Waals surface area contributed by atoms with E-state index in [-0.39, 0.29) is 6.10 Å². The molecular weight excluding hydrogens is 128 g/mol. The van der Waals surface area contributed by atoms with Crippen LogP contribution < -0.4 is 0 Å². The Labute approximate surface area is 61.8 Å². The van der Waals surface area contributed by atoms with Gasteiger partial charge in [0.2, 0.25) is 0 Å². The summed E-state index contributed by atoms with van der Waals surface area (Å²) in [5.41, 5.74) is 0. The van der Waals surface area contributed by atoms with Crippen molar-refractivity contribution in [2.45, 2.75) is 12.5 Å². The van der Waals surface area contributed by atoms with Crippen LogP contribution in [0.5, 0.6) is 0 Å². The molecule has 1 aliphatic carbocycles. The van der Waals surface area contributed by atoms with Crippen LogP contribution in [0.3, 0.4) is 0 Å². The van der Waals surface area contributed by atoms with Crippen LogP contribution in [0.25, 0.3) is 0 Å². The third kappa shape index (κ3) is 5.54. The molecule has 1 N–H and O–H groups in total. The van der Waals surface area contributed by atoms with E-state index in [0.717, 1.165) is 6.42 Å². The summed E-state index contributed by atoms with van der Waals surface area (Å²) in [5, 5.41) is 8.77. The predicted molar refractivity (Wildman–Crippen MR) is 41.8 cm³/mol. The van der Waals surface area contributed by atoms with Gasteiger partial charge in [-0.05, 0) is 6.42 Å². The standard InChI is InChI=1S/C6H8O.C2H6O/c7-6-4-2-1-3-5-6;1-3-2/h1-4,6-7H,5H2;1-2H3. The van der Waals surface area contributed by atoms with Crippen molar-refractivity contribution >= 4 is 0 Å². The lowest BCUT2D eigenvalue weighted by molar-refractivity contribution is 0.225. The maximum absolute atomic E-state index is 8.77. The third-order valence-electron chi connectivity index (χ3n) is 0.958. The van der Waals surface area contributed by atoms with Crippen LogP contribution in [0.15, 0.2) is 24.3 Å². The highest BCUT2D eigenvalue weighted by molar-refractivity contribution is 5.11. The van der Waals surface area contributed by atoms with Crippen LogP contribution in [0.1, 0.15) is 6.42 Å². The first-order valence-electron chi connectivity index (χ1n) is 3.22. The molecule has 0 aliphatic heterocycles. The predicted octanol–water partition coefficient (Wildman–Crippen LogP) is 1.13. The lowest BCUT2D eigenvalue weighted by atomic mass is 10.1. The zero-order valence-corrected chi connectivity index (χ0v) is 6.45. The van der Waals surface area contributed by atoms with E-state index >= 15 is 0 Å². The number of ether oxygens (including phenoxy) is 1. The first kappa shape index (κ1) is 9.40. The number of methoxy groups -OCH3 is 1. The fourth-order valence-electron chi connectivity index (χ4n) is 0.568. The van der Waals surface area contributed by atoms with Crippen molar-refractivity contribution in [1.82, 2.24) is 0 Å². The topological polar surface area (TPSA) is 29.5 Å². The van der Waals surface area contributed by atoms with Crippen molar-refractivity contribution < 1.29 is 9.84 Å². The number of hydrogen-bond donors (Lipinski definition) is 1. The Morgan fingerprint density at radius 2 is 2.00 bits per heavy atom. The molecule has 58 valence electrons. The average molecular weight is 142 g/mol. The maximum atomic E-state index is 8.77. The van der Waals surface area contributed by atoms with Crippen LogP contribution >= 0.6 is 0 Å². The van der Waals surface area contributed by atoms with Crippen LogP contribution in [0.4, 0.5) is 0 Å². The highest BCUT2D eigenvalue weighted by Crippen LogP contribution is 2.00. The first-order chi connectivity index (χ1) is 4.81. The largest absolute Gasteiger partial charge is 0.389 e. The van der Waals surface area contributed by atoms with Crippen LogP contribution in [-0.4, -0.2) is 25.4 Å². The van der Waals surface area contributed by atoms with Gasteiger partial charge in [0.15, 0.2) is 0 Å². The van der Waals surface area contributed by atoms with Gasteiger partial charge in [0.05, 0.1) is 6.10 Å². The van der Waals surface area contributed by atoms with Crippen molar-refractivity contribution in [1.29, 1.82) is 0 Å².